The molecule has 1 aliphatic rings. The van der Waals surface area contributed by atoms with Crippen LogP contribution in [-0.2, 0) is 9.59 Å². The van der Waals surface area contributed by atoms with E-state index in [0.29, 0.717) is 11.4 Å². The molecule has 0 bridgehead atoms. The van der Waals surface area contributed by atoms with Gasteiger partial charge in [0.15, 0.2) is 0 Å². The van der Waals surface area contributed by atoms with E-state index in [1.54, 1.807) is 6.07 Å². The first-order valence-electron chi connectivity index (χ1n) is 8.70. The van der Waals surface area contributed by atoms with Gasteiger partial charge in [-0.1, -0.05) is 29.8 Å². The first kappa shape index (κ1) is 18.0. The largest absolute Gasteiger partial charge is 0.466 e. The van der Waals surface area contributed by atoms with Crippen molar-refractivity contribution in [3.8, 4) is 5.75 Å². The number of hydrogen-bond acceptors (Lipinski definition) is 3. The molecule has 2 N–H and O–H groups in total. The Hall–Kier alpha value is -2.82. The quantitative estimate of drug-likeness (QED) is 0.830. The van der Waals surface area contributed by atoms with E-state index >= 15 is 0 Å². The molecule has 0 fully saturated rings. The molecule has 0 aromatic heterocycles. The van der Waals surface area contributed by atoms with Crippen LogP contribution in [0.1, 0.15) is 42.1 Å². The van der Waals surface area contributed by atoms with Gasteiger partial charge in [-0.3, -0.25) is 9.59 Å². The van der Waals surface area contributed by atoms with Crippen molar-refractivity contribution in [3.63, 3.8) is 0 Å². The molecule has 2 atom stereocenters. The van der Waals surface area contributed by atoms with E-state index in [1.807, 2.05) is 52.0 Å². The van der Waals surface area contributed by atoms with Gasteiger partial charge in [-0.15, -0.1) is 0 Å². The van der Waals surface area contributed by atoms with E-state index in [0.717, 1.165) is 16.7 Å². The number of amides is 2. The second-order valence-electron chi connectivity index (χ2n) is 7.14. The molecule has 1 heterocycles. The van der Waals surface area contributed by atoms with Gasteiger partial charge in [-0.25, -0.2) is 0 Å². The normalized spacial score (nSPS) is 19.8. The summed E-state index contributed by atoms with van der Waals surface area (Å²) in [6.45, 7) is 9.36. The topological polar surface area (TPSA) is 67.4 Å². The fourth-order valence-electron chi connectivity index (χ4n) is 3.21. The number of benzene rings is 2. The molecule has 136 valence electrons. The lowest BCUT2D eigenvalue weighted by molar-refractivity contribution is -0.147. The third-order valence-electron chi connectivity index (χ3n) is 4.80. The SMILES string of the molecule is Cc1ccc(C(C)NC(=O)C2(C)Oc3ccc(C)cc3NC2=O)c(C)c1. The number of hydrogen-bond donors (Lipinski definition) is 2. The number of rotatable bonds is 3. The highest BCUT2D eigenvalue weighted by Gasteiger charge is 2.47. The first-order chi connectivity index (χ1) is 12.2. The molecule has 0 saturated heterocycles. The van der Waals surface area contributed by atoms with Crippen molar-refractivity contribution in [1.82, 2.24) is 5.32 Å². The lowest BCUT2D eigenvalue weighted by Crippen LogP contribution is -2.59. The zero-order valence-electron chi connectivity index (χ0n) is 15.8. The Morgan fingerprint density at radius 1 is 1.12 bits per heavy atom. The third kappa shape index (κ3) is 3.17. The van der Waals surface area contributed by atoms with Gasteiger partial charge >= 0.3 is 0 Å². The summed E-state index contributed by atoms with van der Waals surface area (Å²) >= 11 is 0. The second kappa shape index (κ2) is 6.48. The van der Waals surface area contributed by atoms with E-state index in [1.165, 1.54) is 12.5 Å². The molecular weight excluding hydrogens is 328 g/mol. The highest BCUT2D eigenvalue weighted by atomic mass is 16.5. The number of anilines is 1. The van der Waals surface area contributed by atoms with Crippen molar-refractivity contribution >= 4 is 17.5 Å². The Balaban J connectivity index is 1.82. The summed E-state index contributed by atoms with van der Waals surface area (Å²) in [6.07, 6.45) is 0. The summed E-state index contributed by atoms with van der Waals surface area (Å²) in [6, 6.07) is 11.3. The van der Waals surface area contributed by atoms with Crippen LogP contribution >= 0.6 is 0 Å². The maximum absolute atomic E-state index is 12.9. The number of ether oxygens (including phenoxy) is 1. The molecule has 5 heteroatoms. The molecule has 2 aromatic rings. The minimum Gasteiger partial charge on any atom is -0.466 e. The number of aryl methyl sites for hydroxylation is 3. The molecule has 0 saturated carbocycles. The smallest absolute Gasteiger partial charge is 0.278 e. The predicted octanol–water partition coefficient (Wildman–Crippen LogP) is 3.58. The Morgan fingerprint density at radius 2 is 1.77 bits per heavy atom. The summed E-state index contributed by atoms with van der Waals surface area (Å²) < 4.78 is 5.81. The van der Waals surface area contributed by atoms with E-state index in [-0.39, 0.29) is 6.04 Å². The fourth-order valence-corrected chi connectivity index (χ4v) is 3.21. The second-order valence-corrected chi connectivity index (χ2v) is 7.14. The van der Waals surface area contributed by atoms with Crippen LogP contribution in [0.2, 0.25) is 0 Å². The average molecular weight is 352 g/mol. The number of carbonyl (C=O) groups excluding carboxylic acids is 2. The summed E-state index contributed by atoms with van der Waals surface area (Å²) in [5.74, 6) is -0.443. The fraction of sp³-hybridized carbons (Fsp3) is 0.333. The Bertz CT molecular complexity index is 891. The van der Waals surface area contributed by atoms with Gasteiger partial charge in [0.1, 0.15) is 5.75 Å². The highest BCUT2D eigenvalue weighted by molar-refractivity contribution is 6.15. The summed E-state index contributed by atoms with van der Waals surface area (Å²) in [4.78, 5) is 25.4. The van der Waals surface area contributed by atoms with Crippen molar-refractivity contribution in [2.24, 2.45) is 0 Å². The van der Waals surface area contributed by atoms with Crippen LogP contribution in [0.4, 0.5) is 5.69 Å². The van der Waals surface area contributed by atoms with Crippen molar-refractivity contribution in [1.29, 1.82) is 0 Å². The van der Waals surface area contributed by atoms with Gasteiger partial charge in [0.2, 0.25) is 0 Å². The van der Waals surface area contributed by atoms with E-state index in [9.17, 15) is 9.59 Å². The molecular formula is C21H24N2O3. The van der Waals surface area contributed by atoms with Crippen LogP contribution in [0.3, 0.4) is 0 Å². The molecule has 2 unspecified atom stereocenters. The molecule has 0 radical (unpaired) electrons. The van der Waals surface area contributed by atoms with Crippen molar-refractivity contribution in [3.05, 3.63) is 58.7 Å². The lowest BCUT2D eigenvalue weighted by atomic mass is 9.97. The zero-order chi connectivity index (χ0) is 19.1. The van der Waals surface area contributed by atoms with Crippen LogP contribution in [0.15, 0.2) is 36.4 Å². The van der Waals surface area contributed by atoms with Crippen molar-refractivity contribution in [2.45, 2.75) is 46.3 Å². The number of nitrogens with one attached hydrogen (secondary N) is 2. The van der Waals surface area contributed by atoms with Crippen LogP contribution in [0, 0.1) is 20.8 Å². The van der Waals surface area contributed by atoms with Crippen LogP contribution in [0.5, 0.6) is 5.75 Å². The molecule has 2 aromatic carbocycles. The Morgan fingerprint density at radius 3 is 2.46 bits per heavy atom. The predicted molar refractivity (Wildman–Crippen MR) is 101 cm³/mol. The number of carbonyl (C=O) groups is 2. The average Bonchev–Trinajstić information content (AvgIpc) is 2.56. The Kier molecular flexibility index (Phi) is 4.48. The monoisotopic (exact) mass is 352 g/mol. The lowest BCUT2D eigenvalue weighted by Gasteiger charge is -2.34. The molecule has 2 amide bonds. The van der Waals surface area contributed by atoms with Gasteiger partial charge < -0.3 is 15.4 Å². The van der Waals surface area contributed by atoms with Crippen LogP contribution < -0.4 is 15.4 Å². The van der Waals surface area contributed by atoms with Gasteiger partial charge in [0.05, 0.1) is 11.7 Å². The summed E-state index contributed by atoms with van der Waals surface area (Å²) in [5, 5.41) is 5.69. The molecule has 0 aliphatic carbocycles. The van der Waals surface area contributed by atoms with E-state index < -0.39 is 17.4 Å². The van der Waals surface area contributed by atoms with Gasteiger partial charge in [0, 0.05) is 0 Å². The van der Waals surface area contributed by atoms with Gasteiger partial charge in [-0.2, -0.15) is 0 Å². The van der Waals surface area contributed by atoms with Gasteiger partial charge in [-0.05, 0) is 63.4 Å². The van der Waals surface area contributed by atoms with Gasteiger partial charge in [0.25, 0.3) is 17.4 Å². The number of fused-ring (bicyclic) bond motifs is 1. The van der Waals surface area contributed by atoms with Crippen LogP contribution in [-0.4, -0.2) is 17.4 Å². The van der Waals surface area contributed by atoms with Crippen LogP contribution in [0.25, 0.3) is 0 Å². The molecule has 5 nitrogen and oxygen atoms in total. The highest BCUT2D eigenvalue weighted by Crippen LogP contribution is 2.34. The van der Waals surface area contributed by atoms with E-state index in [4.69, 9.17) is 4.74 Å². The summed E-state index contributed by atoms with van der Waals surface area (Å²) in [7, 11) is 0. The molecule has 26 heavy (non-hydrogen) atoms. The maximum Gasteiger partial charge on any atom is 0.278 e. The van der Waals surface area contributed by atoms with Crippen molar-refractivity contribution in [2.75, 3.05) is 5.32 Å². The standard InChI is InChI=1S/C21H24N2O3/c1-12-6-8-16(14(3)10-12)15(4)22-19(24)21(5)20(25)23-17-11-13(2)7-9-18(17)26-21/h6-11,15H,1-5H3,(H,22,24)(H,23,25). The summed E-state index contributed by atoms with van der Waals surface area (Å²) in [5.41, 5.74) is 3.25. The molecule has 3 rings (SSSR count). The van der Waals surface area contributed by atoms with Crippen molar-refractivity contribution < 1.29 is 14.3 Å². The minimum absolute atomic E-state index is 0.240. The molecule has 0 spiro atoms. The third-order valence-corrected chi connectivity index (χ3v) is 4.80. The van der Waals surface area contributed by atoms with E-state index in [2.05, 4.69) is 16.7 Å². The molecule has 1 aliphatic heterocycles. The zero-order valence-corrected chi connectivity index (χ0v) is 15.8. The maximum atomic E-state index is 12.9. The Labute approximate surface area is 153 Å². The minimum atomic E-state index is -1.62. The first-order valence-corrected chi connectivity index (χ1v) is 8.70.